The predicted octanol–water partition coefficient (Wildman–Crippen LogP) is 0.673. The fourth-order valence-corrected chi connectivity index (χ4v) is 2.78. The number of carboxylic acids is 1. The third kappa shape index (κ3) is 2.99. The number of para-hydroxylation sites is 1. The number of nitrogen functional groups attached to an aromatic ring is 1. The fraction of sp³-hybridized carbons (Fsp3) is 0.167. The van der Waals surface area contributed by atoms with Gasteiger partial charge in [-0.3, -0.25) is 9.88 Å². The Bertz CT molecular complexity index is 881. The number of pyridine rings is 2. The minimum absolute atomic E-state index is 0.157. The Kier molecular flexibility index (Phi) is 4.29. The molecular formula is C18H18N4O2. The number of H-pyrrole nitrogens is 1. The molecular weight excluding hydrogens is 304 g/mol. The summed E-state index contributed by atoms with van der Waals surface area (Å²) in [6.07, 6.45) is 3.86. The number of aromatic amines is 1. The van der Waals surface area contributed by atoms with Crippen molar-refractivity contribution >= 4 is 28.4 Å². The lowest BCUT2D eigenvalue weighted by Crippen LogP contribution is -2.21. The van der Waals surface area contributed by atoms with Crippen molar-refractivity contribution in [2.75, 3.05) is 24.2 Å². The van der Waals surface area contributed by atoms with E-state index in [2.05, 4.69) is 34.0 Å². The monoisotopic (exact) mass is 322 g/mol. The molecule has 1 aliphatic rings. The van der Waals surface area contributed by atoms with Crippen LogP contribution in [0.2, 0.25) is 0 Å². The maximum absolute atomic E-state index is 10.1. The van der Waals surface area contributed by atoms with Gasteiger partial charge in [-0.2, -0.15) is 0 Å². The second-order valence-electron chi connectivity index (χ2n) is 5.61. The minimum atomic E-state index is -1.17. The highest BCUT2D eigenvalue weighted by molar-refractivity contribution is 5.91. The summed E-state index contributed by atoms with van der Waals surface area (Å²) < 4.78 is 0. The minimum Gasteiger partial charge on any atom is -0.545 e. The van der Waals surface area contributed by atoms with Crippen LogP contribution in [0.3, 0.4) is 0 Å². The van der Waals surface area contributed by atoms with Gasteiger partial charge in [0.1, 0.15) is 5.52 Å². The van der Waals surface area contributed by atoms with Crippen LogP contribution in [0.15, 0.2) is 48.8 Å². The van der Waals surface area contributed by atoms with Gasteiger partial charge in [-0.1, -0.05) is 12.1 Å². The van der Waals surface area contributed by atoms with E-state index in [9.17, 15) is 9.90 Å². The van der Waals surface area contributed by atoms with Gasteiger partial charge in [-0.25, -0.2) is 4.98 Å². The van der Waals surface area contributed by atoms with E-state index in [0.717, 1.165) is 29.6 Å². The molecule has 3 heterocycles. The number of nitrogens with two attached hydrogens (primary N) is 1. The Morgan fingerprint density at radius 1 is 1.25 bits per heavy atom. The van der Waals surface area contributed by atoms with E-state index in [1.165, 1.54) is 35.9 Å². The number of rotatable bonds is 1. The summed E-state index contributed by atoms with van der Waals surface area (Å²) in [7, 11) is 2.09. The highest BCUT2D eigenvalue weighted by Gasteiger charge is 2.27. The first-order valence-corrected chi connectivity index (χ1v) is 7.63. The third-order valence-corrected chi connectivity index (χ3v) is 4.08. The molecule has 0 radical (unpaired) electrons. The summed E-state index contributed by atoms with van der Waals surface area (Å²) in [4.78, 5) is 19.4. The van der Waals surface area contributed by atoms with Crippen molar-refractivity contribution < 1.29 is 14.9 Å². The van der Waals surface area contributed by atoms with Gasteiger partial charge in [-0.05, 0) is 24.3 Å². The Balaban J connectivity index is 0.000000162. The number of anilines is 2. The summed E-state index contributed by atoms with van der Waals surface area (Å²) >= 11 is 0. The normalized spacial score (nSPS) is 12.5. The number of nitrogens with one attached hydrogen (secondary N) is 1. The molecule has 0 fully saturated rings. The van der Waals surface area contributed by atoms with Crippen LogP contribution in [0.25, 0.3) is 10.9 Å². The van der Waals surface area contributed by atoms with Gasteiger partial charge in [0.15, 0.2) is 0 Å². The molecule has 0 atom stereocenters. The fourth-order valence-electron chi connectivity index (χ4n) is 2.78. The summed E-state index contributed by atoms with van der Waals surface area (Å²) in [5.41, 5.74) is 9.65. The van der Waals surface area contributed by atoms with Crippen molar-refractivity contribution in [3.05, 3.63) is 59.9 Å². The van der Waals surface area contributed by atoms with Gasteiger partial charge in [0, 0.05) is 29.8 Å². The van der Waals surface area contributed by atoms with E-state index in [0.29, 0.717) is 0 Å². The molecule has 24 heavy (non-hydrogen) atoms. The number of aromatic nitrogens is 2. The van der Waals surface area contributed by atoms with Crippen LogP contribution in [0.1, 0.15) is 15.9 Å². The number of likely N-dealkylation sites (N-methyl/N-ethyl adjacent to an activating group) is 1. The lowest BCUT2D eigenvalue weighted by molar-refractivity contribution is -0.329. The maximum Gasteiger partial charge on any atom is 0.280 e. The summed E-state index contributed by atoms with van der Waals surface area (Å²) in [5.74, 6) is 0.00333. The van der Waals surface area contributed by atoms with Crippen LogP contribution in [0.4, 0.5) is 11.5 Å². The van der Waals surface area contributed by atoms with Crippen molar-refractivity contribution in [3.63, 3.8) is 0 Å². The number of carboxylic acid groups (broad SMARTS) is 1. The van der Waals surface area contributed by atoms with Gasteiger partial charge in [0.2, 0.25) is 0 Å². The van der Waals surface area contributed by atoms with Gasteiger partial charge in [-0.15, -0.1) is 0 Å². The van der Waals surface area contributed by atoms with Gasteiger partial charge in [0.25, 0.3) is 5.82 Å². The van der Waals surface area contributed by atoms with Crippen molar-refractivity contribution in [1.29, 1.82) is 0 Å². The standard InChI is InChI=1S/C12H13N3.C6H5NO2/c1-15-7-6-9-11(13)8-4-2-3-5-10(8)14-12(9)15;8-6(9)5-1-3-7-4-2-5/h2-5H,6-7H2,1H3,(H2,13,14);1-4H,(H,8,9). The quantitative estimate of drug-likeness (QED) is 0.710. The van der Waals surface area contributed by atoms with Crippen LogP contribution in [-0.4, -0.2) is 24.5 Å². The Labute approximate surface area is 139 Å². The largest absolute Gasteiger partial charge is 0.545 e. The molecule has 6 nitrogen and oxygen atoms in total. The third-order valence-electron chi connectivity index (χ3n) is 4.08. The van der Waals surface area contributed by atoms with Crippen molar-refractivity contribution in [1.82, 2.24) is 4.98 Å². The molecule has 3 aromatic rings. The molecule has 0 aliphatic carbocycles. The zero-order valence-corrected chi connectivity index (χ0v) is 13.3. The zero-order chi connectivity index (χ0) is 17.1. The first-order chi connectivity index (χ1) is 11.6. The predicted molar refractivity (Wildman–Crippen MR) is 90.5 cm³/mol. The van der Waals surface area contributed by atoms with Crippen molar-refractivity contribution in [3.8, 4) is 0 Å². The van der Waals surface area contributed by atoms with E-state index >= 15 is 0 Å². The summed E-state index contributed by atoms with van der Waals surface area (Å²) in [6.45, 7) is 1.05. The Morgan fingerprint density at radius 2 is 1.96 bits per heavy atom. The molecule has 0 saturated carbocycles. The van der Waals surface area contributed by atoms with E-state index < -0.39 is 5.97 Å². The molecule has 0 unspecified atom stereocenters. The molecule has 122 valence electrons. The number of carbonyl (C=O) groups excluding carboxylic acids is 1. The first-order valence-electron chi connectivity index (χ1n) is 7.63. The Hall–Kier alpha value is -3.15. The van der Waals surface area contributed by atoms with Crippen LogP contribution in [0.5, 0.6) is 0 Å². The second kappa shape index (κ2) is 6.54. The van der Waals surface area contributed by atoms with Gasteiger partial charge >= 0.3 is 0 Å². The molecule has 0 saturated heterocycles. The maximum atomic E-state index is 10.1. The molecule has 2 aromatic heterocycles. The lowest BCUT2D eigenvalue weighted by Gasteiger charge is -2.06. The van der Waals surface area contributed by atoms with Crippen LogP contribution in [0, 0.1) is 0 Å². The molecule has 4 rings (SSSR count). The van der Waals surface area contributed by atoms with Gasteiger partial charge in [0.05, 0.1) is 30.8 Å². The smallest absolute Gasteiger partial charge is 0.280 e. The molecule has 3 N–H and O–H groups in total. The molecule has 1 aliphatic heterocycles. The van der Waals surface area contributed by atoms with Crippen LogP contribution >= 0.6 is 0 Å². The average Bonchev–Trinajstić information content (AvgIpc) is 2.98. The first kappa shape index (κ1) is 15.7. The number of fused-ring (bicyclic) bond motifs is 2. The molecule has 0 amide bonds. The van der Waals surface area contributed by atoms with Crippen LogP contribution in [-0.2, 0) is 6.42 Å². The Morgan fingerprint density at radius 3 is 2.62 bits per heavy atom. The second-order valence-corrected chi connectivity index (χ2v) is 5.61. The highest BCUT2D eigenvalue weighted by atomic mass is 16.4. The molecule has 0 bridgehead atoms. The van der Waals surface area contributed by atoms with Crippen LogP contribution < -0.4 is 20.7 Å². The van der Waals surface area contributed by atoms with Crippen molar-refractivity contribution in [2.45, 2.75) is 6.42 Å². The van der Waals surface area contributed by atoms with E-state index in [1.807, 2.05) is 12.1 Å². The number of hydrogen-bond donors (Lipinski definition) is 1. The summed E-state index contributed by atoms with van der Waals surface area (Å²) in [5, 5.41) is 11.2. The number of benzene rings is 1. The number of hydrogen-bond acceptors (Lipinski definition) is 5. The zero-order valence-electron chi connectivity index (χ0n) is 13.3. The van der Waals surface area contributed by atoms with E-state index in [1.54, 1.807) is 0 Å². The summed E-state index contributed by atoms with van der Waals surface area (Å²) in [6, 6.07) is 11.0. The lowest BCUT2D eigenvalue weighted by atomic mass is 10.1. The molecule has 6 heteroatoms. The van der Waals surface area contributed by atoms with E-state index in [4.69, 9.17) is 5.73 Å². The average molecular weight is 322 g/mol. The van der Waals surface area contributed by atoms with Gasteiger partial charge < -0.3 is 15.6 Å². The molecule has 0 spiro atoms. The number of aromatic carboxylic acids is 1. The molecule has 1 aromatic carbocycles. The van der Waals surface area contributed by atoms with E-state index in [-0.39, 0.29) is 5.56 Å². The number of nitrogens with zero attached hydrogens (tertiary/aromatic N) is 2. The highest BCUT2D eigenvalue weighted by Crippen LogP contribution is 2.31. The van der Waals surface area contributed by atoms with Crippen molar-refractivity contribution in [2.24, 2.45) is 0 Å². The number of carbonyl (C=O) groups is 1. The SMILES string of the molecule is CN1CCc2c1[nH+]c1ccccc1c2N.O=C([O-])c1ccncc1. The topological polar surface area (TPSA) is 96.4 Å².